The van der Waals surface area contributed by atoms with Crippen LogP contribution in [0.2, 0.25) is 0 Å². The summed E-state index contributed by atoms with van der Waals surface area (Å²) < 4.78 is 1.65. The van der Waals surface area contributed by atoms with Crippen LogP contribution in [0.15, 0.2) is 41.2 Å². The summed E-state index contributed by atoms with van der Waals surface area (Å²) in [5.74, 6) is -0.937. The van der Waals surface area contributed by atoms with E-state index in [1.165, 1.54) is 6.07 Å². The van der Waals surface area contributed by atoms with E-state index in [0.717, 1.165) is 11.4 Å². The maximum atomic E-state index is 11.8. The maximum Gasteiger partial charge on any atom is 0.303 e. The number of carbonyl (C=O) groups is 1. The van der Waals surface area contributed by atoms with Gasteiger partial charge in [-0.2, -0.15) is 5.10 Å². The zero-order valence-corrected chi connectivity index (χ0v) is 10.5. The average Bonchev–Trinajstić information content (AvgIpc) is 2.38. The Morgan fingerprint density at radius 2 is 2.00 bits per heavy atom. The molecule has 0 aliphatic carbocycles. The van der Waals surface area contributed by atoms with Crippen LogP contribution in [0.5, 0.6) is 0 Å². The third kappa shape index (κ3) is 3.07. The van der Waals surface area contributed by atoms with Gasteiger partial charge < -0.3 is 5.11 Å². The standard InChI is InChI=1S/C14H14N2O3/c1-10-9-13(17)12(7-8-14(18)19)15-16(10)11-5-3-2-4-6-11/h2-6,9H,7-8H2,1H3,(H,18,19). The molecule has 0 unspecified atom stereocenters. The Bertz CT molecular complexity index is 647. The minimum atomic E-state index is -0.937. The van der Waals surface area contributed by atoms with Crippen molar-refractivity contribution in [3.63, 3.8) is 0 Å². The van der Waals surface area contributed by atoms with Crippen LogP contribution in [0, 0.1) is 6.92 Å². The number of para-hydroxylation sites is 1. The van der Waals surface area contributed by atoms with Gasteiger partial charge in [0.25, 0.3) is 0 Å². The van der Waals surface area contributed by atoms with Crippen molar-refractivity contribution in [2.45, 2.75) is 19.8 Å². The number of hydrogen-bond acceptors (Lipinski definition) is 3. The Labute approximate surface area is 110 Å². The van der Waals surface area contributed by atoms with Crippen molar-refractivity contribution >= 4 is 5.97 Å². The van der Waals surface area contributed by atoms with Crippen LogP contribution in [-0.4, -0.2) is 20.9 Å². The summed E-state index contributed by atoms with van der Waals surface area (Å²) in [5, 5.41) is 12.9. The lowest BCUT2D eigenvalue weighted by atomic mass is 10.2. The molecule has 0 spiro atoms. The molecular formula is C14H14N2O3. The van der Waals surface area contributed by atoms with E-state index in [1.54, 1.807) is 11.6 Å². The van der Waals surface area contributed by atoms with Crippen LogP contribution in [0.3, 0.4) is 0 Å². The predicted molar refractivity (Wildman–Crippen MR) is 70.5 cm³/mol. The summed E-state index contributed by atoms with van der Waals surface area (Å²) in [7, 11) is 0. The monoisotopic (exact) mass is 258 g/mol. The molecule has 1 heterocycles. The fourth-order valence-electron chi connectivity index (χ4n) is 1.81. The van der Waals surface area contributed by atoms with Crippen LogP contribution >= 0.6 is 0 Å². The molecule has 19 heavy (non-hydrogen) atoms. The van der Waals surface area contributed by atoms with Gasteiger partial charge in [-0.05, 0) is 19.1 Å². The number of aliphatic carboxylic acids is 1. The van der Waals surface area contributed by atoms with E-state index < -0.39 is 5.97 Å². The van der Waals surface area contributed by atoms with E-state index in [0.29, 0.717) is 0 Å². The summed E-state index contributed by atoms with van der Waals surface area (Å²) in [4.78, 5) is 22.3. The SMILES string of the molecule is Cc1cc(=O)c(CCC(=O)O)nn1-c1ccccc1. The van der Waals surface area contributed by atoms with Crippen molar-refractivity contribution in [1.29, 1.82) is 0 Å². The van der Waals surface area contributed by atoms with Gasteiger partial charge >= 0.3 is 5.97 Å². The molecule has 0 saturated carbocycles. The molecular weight excluding hydrogens is 244 g/mol. The van der Waals surface area contributed by atoms with Crippen molar-refractivity contribution in [2.24, 2.45) is 0 Å². The lowest BCUT2D eigenvalue weighted by Gasteiger charge is -2.10. The summed E-state index contributed by atoms with van der Waals surface area (Å²) >= 11 is 0. The molecule has 0 bridgehead atoms. The highest BCUT2D eigenvalue weighted by Gasteiger charge is 2.09. The molecule has 0 radical (unpaired) electrons. The Morgan fingerprint density at radius 1 is 1.32 bits per heavy atom. The Morgan fingerprint density at radius 3 is 2.63 bits per heavy atom. The number of carboxylic acids is 1. The Kier molecular flexibility index (Phi) is 3.75. The molecule has 0 fully saturated rings. The van der Waals surface area contributed by atoms with Crippen LogP contribution in [0.1, 0.15) is 17.8 Å². The van der Waals surface area contributed by atoms with Crippen LogP contribution < -0.4 is 5.43 Å². The number of carboxylic acid groups (broad SMARTS) is 1. The molecule has 1 N–H and O–H groups in total. The molecule has 1 aromatic heterocycles. The number of nitrogens with zero attached hydrogens (tertiary/aromatic N) is 2. The van der Waals surface area contributed by atoms with Crippen molar-refractivity contribution in [3.05, 3.63) is 58.0 Å². The lowest BCUT2D eigenvalue weighted by molar-refractivity contribution is -0.136. The van der Waals surface area contributed by atoms with Gasteiger partial charge in [0.05, 0.1) is 12.1 Å². The molecule has 2 aromatic rings. The quantitative estimate of drug-likeness (QED) is 0.903. The molecule has 2 rings (SSSR count). The van der Waals surface area contributed by atoms with Gasteiger partial charge in [-0.15, -0.1) is 0 Å². The molecule has 1 aromatic carbocycles. The number of aromatic nitrogens is 2. The maximum absolute atomic E-state index is 11.8. The van der Waals surface area contributed by atoms with E-state index in [4.69, 9.17) is 5.11 Å². The second-order valence-electron chi connectivity index (χ2n) is 4.24. The fraction of sp³-hybridized carbons (Fsp3) is 0.214. The molecule has 5 nitrogen and oxygen atoms in total. The second-order valence-corrected chi connectivity index (χ2v) is 4.24. The number of benzene rings is 1. The van der Waals surface area contributed by atoms with Gasteiger partial charge in [0, 0.05) is 18.2 Å². The predicted octanol–water partition coefficient (Wildman–Crippen LogP) is 1.56. The van der Waals surface area contributed by atoms with Crippen molar-refractivity contribution in [2.75, 3.05) is 0 Å². The van der Waals surface area contributed by atoms with Crippen LogP contribution in [0.25, 0.3) is 5.69 Å². The zero-order chi connectivity index (χ0) is 13.8. The van der Waals surface area contributed by atoms with Crippen molar-refractivity contribution < 1.29 is 9.90 Å². The highest BCUT2D eigenvalue weighted by Crippen LogP contribution is 2.08. The highest BCUT2D eigenvalue weighted by molar-refractivity contribution is 5.66. The third-order valence-corrected chi connectivity index (χ3v) is 2.76. The molecule has 5 heteroatoms. The third-order valence-electron chi connectivity index (χ3n) is 2.76. The van der Waals surface area contributed by atoms with Gasteiger partial charge in [-0.1, -0.05) is 18.2 Å². The van der Waals surface area contributed by atoms with Crippen LogP contribution in [-0.2, 0) is 11.2 Å². The molecule has 98 valence electrons. The minimum Gasteiger partial charge on any atom is -0.481 e. The summed E-state index contributed by atoms with van der Waals surface area (Å²) in [6.07, 6.45) is 0.0430. The average molecular weight is 258 g/mol. The number of hydrogen-bond donors (Lipinski definition) is 1. The van der Waals surface area contributed by atoms with Crippen molar-refractivity contribution in [3.8, 4) is 5.69 Å². The largest absolute Gasteiger partial charge is 0.481 e. The summed E-state index contributed by atoms with van der Waals surface area (Å²) in [5.41, 5.74) is 1.62. The first-order valence-corrected chi connectivity index (χ1v) is 5.95. The molecule has 0 aliphatic rings. The van der Waals surface area contributed by atoms with Crippen molar-refractivity contribution in [1.82, 2.24) is 9.78 Å². The fourth-order valence-corrected chi connectivity index (χ4v) is 1.81. The Balaban J connectivity index is 2.42. The zero-order valence-electron chi connectivity index (χ0n) is 10.5. The minimum absolute atomic E-state index is 0.0971. The number of aryl methyl sites for hydroxylation is 2. The van der Waals surface area contributed by atoms with E-state index in [-0.39, 0.29) is 24.0 Å². The van der Waals surface area contributed by atoms with Gasteiger partial charge in [0.1, 0.15) is 5.69 Å². The first kappa shape index (κ1) is 13.0. The van der Waals surface area contributed by atoms with Gasteiger partial charge in [-0.25, -0.2) is 4.68 Å². The lowest BCUT2D eigenvalue weighted by Crippen LogP contribution is -2.19. The Hall–Kier alpha value is -2.43. The second kappa shape index (κ2) is 5.48. The van der Waals surface area contributed by atoms with E-state index >= 15 is 0 Å². The summed E-state index contributed by atoms with van der Waals surface area (Å²) in [6, 6.07) is 10.9. The topological polar surface area (TPSA) is 72.2 Å². The van der Waals surface area contributed by atoms with Gasteiger partial charge in [0.15, 0.2) is 0 Å². The molecule has 0 amide bonds. The first-order valence-electron chi connectivity index (χ1n) is 5.95. The number of rotatable bonds is 4. The summed E-state index contributed by atoms with van der Waals surface area (Å²) in [6.45, 7) is 1.79. The highest BCUT2D eigenvalue weighted by atomic mass is 16.4. The van der Waals surface area contributed by atoms with E-state index in [9.17, 15) is 9.59 Å². The first-order chi connectivity index (χ1) is 9.08. The molecule has 0 saturated heterocycles. The normalized spacial score (nSPS) is 10.4. The van der Waals surface area contributed by atoms with Gasteiger partial charge in [0.2, 0.25) is 5.43 Å². The van der Waals surface area contributed by atoms with Crippen LogP contribution in [0.4, 0.5) is 0 Å². The molecule has 0 aliphatic heterocycles. The van der Waals surface area contributed by atoms with E-state index in [2.05, 4.69) is 5.10 Å². The smallest absolute Gasteiger partial charge is 0.303 e. The van der Waals surface area contributed by atoms with E-state index in [1.807, 2.05) is 30.3 Å². The van der Waals surface area contributed by atoms with Gasteiger partial charge in [-0.3, -0.25) is 9.59 Å². The molecule has 0 atom stereocenters.